The van der Waals surface area contributed by atoms with Gasteiger partial charge in [-0.25, -0.2) is 4.39 Å². The fourth-order valence-corrected chi connectivity index (χ4v) is 1.20. The highest BCUT2D eigenvalue weighted by atomic mass is 19.1. The first-order valence-electron chi connectivity index (χ1n) is 4.45. The van der Waals surface area contributed by atoms with Crippen LogP contribution in [-0.2, 0) is 0 Å². The van der Waals surface area contributed by atoms with Crippen LogP contribution in [0.3, 0.4) is 0 Å². The Bertz CT molecular complexity index is 423. The Kier molecular flexibility index (Phi) is 3.40. The van der Waals surface area contributed by atoms with Crippen LogP contribution in [0, 0.1) is 24.1 Å². The van der Waals surface area contributed by atoms with Gasteiger partial charge in [-0.2, -0.15) is 5.26 Å². The largest absolute Gasteiger partial charge is 0.328 e. The second-order valence-electron chi connectivity index (χ2n) is 3.26. The number of amides is 1. The van der Waals surface area contributed by atoms with Crippen molar-refractivity contribution in [1.82, 2.24) is 4.90 Å². The van der Waals surface area contributed by atoms with E-state index in [0.29, 0.717) is 5.56 Å². The van der Waals surface area contributed by atoms with Gasteiger partial charge in [-0.15, -0.1) is 0 Å². The van der Waals surface area contributed by atoms with Crippen molar-refractivity contribution in [3.8, 4) is 6.07 Å². The maximum atomic E-state index is 13.5. The third-order valence-electron chi connectivity index (χ3n) is 2.08. The molecule has 0 bridgehead atoms. The number of hydrogen-bond donors (Lipinski definition) is 0. The van der Waals surface area contributed by atoms with Gasteiger partial charge in [0.05, 0.1) is 11.6 Å². The first-order chi connectivity index (χ1) is 7.07. The van der Waals surface area contributed by atoms with E-state index in [1.807, 2.05) is 6.07 Å². The number of nitriles is 1. The third kappa shape index (κ3) is 2.32. The minimum Gasteiger partial charge on any atom is -0.328 e. The number of carbonyl (C=O) groups excluding carboxylic acids is 1. The van der Waals surface area contributed by atoms with Gasteiger partial charge in [-0.05, 0) is 18.6 Å². The van der Waals surface area contributed by atoms with E-state index in [2.05, 4.69) is 0 Å². The maximum Gasteiger partial charge on any atom is 0.257 e. The molecule has 1 aromatic carbocycles. The summed E-state index contributed by atoms with van der Waals surface area (Å²) < 4.78 is 13.5. The number of nitrogens with zero attached hydrogens (tertiary/aromatic N) is 2. The van der Waals surface area contributed by atoms with Gasteiger partial charge in [0.1, 0.15) is 12.4 Å². The fraction of sp³-hybridized carbons (Fsp3) is 0.273. The highest BCUT2D eigenvalue weighted by Crippen LogP contribution is 2.13. The maximum absolute atomic E-state index is 13.5. The zero-order chi connectivity index (χ0) is 11.4. The second kappa shape index (κ2) is 4.56. The minimum absolute atomic E-state index is 0.00718. The van der Waals surface area contributed by atoms with E-state index in [4.69, 9.17) is 5.26 Å². The summed E-state index contributed by atoms with van der Waals surface area (Å²) in [6.07, 6.45) is 0. The van der Waals surface area contributed by atoms with Crippen LogP contribution in [0.2, 0.25) is 0 Å². The molecule has 1 aromatic rings. The Labute approximate surface area is 87.7 Å². The number of aryl methyl sites for hydroxylation is 1. The average Bonchev–Trinajstić information content (AvgIpc) is 2.21. The molecule has 0 atom stereocenters. The summed E-state index contributed by atoms with van der Waals surface area (Å²) >= 11 is 0. The number of halogens is 1. The molecule has 0 saturated carbocycles. The smallest absolute Gasteiger partial charge is 0.257 e. The standard InChI is InChI=1S/C11H11FN2O/c1-8-4-3-5-9(10(8)12)11(15)14(2)7-6-13/h3-5H,7H2,1-2H3. The molecule has 0 N–H and O–H groups in total. The lowest BCUT2D eigenvalue weighted by Crippen LogP contribution is -2.27. The lowest BCUT2D eigenvalue weighted by atomic mass is 10.1. The molecule has 4 heteroatoms. The van der Waals surface area contributed by atoms with E-state index in [-0.39, 0.29) is 12.1 Å². The SMILES string of the molecule is Cc1cccc(C(=O)N(C)CC#N)c1F. The van der Waals surface area contributed by atoms with E-state index in [1.54, 1.807) is 19.1 Å². The Hall–Kier alpha value is -1.89. The van der Waals surface area contributed by atoms with E-state index >= 15 is 0 Å². The average molecular weight is 206 g/mol. The Morgan fingerprint density at radius 3 is 2.87 bits per heavy atom. The monoisotopic (exact) mass is 206 g/mol. The summed E-state index contributed by atoms with van der Waals surface area (Å²) in [5, 5.41) is 8.42. The van der Waals surface area contributed by atoms with Crippen molar-refractivity contribution in [1.29, 1.82) is 5.26 Å². The lowest BCUT2D eigenvalue weighted by molar-refractivity contribution is 0.0807. The Balaban J connectivity index is 3.02. The van der Waals surface area contributed by atoms with Crippen molar-refractivity contribution >= 4 is 5.91 Å². The molecule has 0 aliphatic rings. The first-order valence-corrected chi connectivity index (χ1v) is 4.45. The Morgan fingerprint density at radius 2 is 2.27 bits per heavy atom. The predicted molar refractivity (Wildman–Crippen MR) is 53.7 cm³/mol. The molecule has 0 spiro atoms. The van der Waals surface area contributed by atoms with E-state index in [9.17, 15) is 9.18 Å². The van der Waals surface area contributed by atoms with Crippen LogP contribution in [0.5, 0.6) is 0 Å². The molecule has 0 saturated heterocycles. The summed E-state index contributed by atoms with van der Waals surface area (Å²) in [4.78, 5) is 12.8. The number of carbonyl (C=O) groups is 1. The zero-order valence-electron chi connectivity index (χ0n) is 8.62. The molecule has 78 valence electrons. The molecule has 0 aliphatic carbocycles. The topological polar surface area (TPSA) is 44.1 Å². The number of rotatable bonds is 2. The van der Waals surface area contributed by atoms with Crippen LogP contribution < -0.4 is 0 Å². The molecule has 0 unspecified atom stereocenters. The van der Waals surface area contributed by atoms with Gasteiger partial charge in [-0.3, -0.25) is 4.79 Å². The van der Waals surface area contributed by atoms with Crippen LogP contribution in [0.15, 0.2) is 18.2 Å². The summed E-state index contributed by atoms with van der Waals surface area (Å²) in [5.41, 5.74) is 0.430. The molecule has 3 nitrogen and oxygen atoms in total. The highest BCUT2D eigenvalue weighted by molar-refractivity contribution is 5.94. The normalized spacial score (nSPS) is 9.47. The molecule has 0 heterocycles. The van der Waals surface area contributed by atoms with Crippen LogP contribution in [0.4, 0.5) is 4.39 Å². The molecule has 0 fully saturated rings. The number of benzene rings is 1. The molecule has 15 heavy (non-hydrogen) atoms. The Morgan fingerprint density at radius 1 is 1.60 bits per heavy atom. The van der Waals surface area contributed by atoms with Crippen molar-refractivity contribution in [3.63, 3.8) is 0 Å². The zero-order valence-corrected chi connectivity index (χ0v) is 8.62. The van der Waals surface area contributed by atoms with Crippen LogP contribution in [0.1, 0.15) is 15.9 Å². The third-order valence-corrected chi connectivity index (χ3v) is 2.08. The van der Waals surface area contributed by atoms with Crippen molar-refractivity contribution < 1.29 is 9.18 Å². The molecule has 0 aliphatic heterocycles. The molecule has 1 rings (SSSR count). The van der Waals surface area contributed by atoms with Gasteiger partial charge >= 0.3 is 0 Å². The van der Waals surface area contributed by atoms with Crippen molar-refractivity contribution in [3.05, 3.63) is 35.1 Å². The van der Waals surface area contributed by atoms with Crippen LogP contribution in [-0.4, -0.2) is 24.4 Å². The lowest BCUT2D eigenvalue weighted by Gasteiger charge is -2.13. The predicted octanol–water partition coefficient (Wildman–Crippen LogP) is 1.73. The van der Waals surface area contributed by atoms with Crippen LogP contribution in [0.25, 0.3) is 0 Å². The molecular weight excluding hydrogens is 195 g/mol. The fourth-order valence-electron chi connectivity index (χ4n) is 1.20. The minimum atomic E-state index is -0.521. The van der Waals surface area contributed by atoms with Crippen molar-refractivity contribution in [2.75, 3.05) is 13.6 Å². The van der Waals surface area contributed by atoms with Gasteiger partial charge < -0.3 is 4.90 Å². The molecule has 0 radical (unpaired) electrons. The van der Waals surface area contributed by atoms with E-state index in [1.165, 1.54) is 18.0 Å². The van der Waals surface area contributed by atoms with Crippen LogP contribution >= 0.6 is 0 Å². The van der Waals surface area contributed by atoms with Gasteiger partial charge in [0, 0.05) is 7.05 Å². The van der Waals surface area contributed by atoms with Gasteiger partial charge in [-0.1, -0.05) is 12.1 Å². The highest BCUT2D eigenvalue weighted by Gasteiger charge is 2.16. The summed E-state index contributed by atoms with van der Waals surface area (Å²) in [6, 6.07) is 6.46. The quantitative estimate of drug-likeness (QED) is 0.691. The van der Waals surface area contributed by atoms with Crippen molar-refractivity contribution in [2.45, 2.75) is 6.92 Å². The van der Waals surface area contributed by atoms with Gasteiger partial charge in [0.15, 0.2) is 0 Å². The second-order valence-corrected chi connectivity index (χ2v) is 3.26. The molecule has 0 aromatic heterocycles. The van der Waals surface area contributed by atoms with Gasteiger partial charge in [0.25, 0.3) is 5.91 Å². The summed E-state index contributed by atoms with van der Waals surface area (Å²) in [6.45, 7) is 1.54. The molecular formula is C11H11FN2O. The van der Waals surface area contributed by atoms with E-state index < -0.39 is 11.7 Å². The van der Waals surface area contributed by atoms with Crippen molar-refractivity contribution in [2.24, 2.45) is 0 Å². The first kappa shape index (κ1) is 11.2. The summed E-state index contributed by atoms with van der Waals surface area (Å²) in [7, 11) is 1.47. The van der Waals surface area contributed by atoms with Gasteiger partial charge in [0.2, 0.25) is 0 Å². The van der Waals surface area contributed by atoms with E-state index in [0.717, 1.165) is 0 Å². The summed E-state index contributed by atoms with van der Waals surface area (Å²) in [5.74, 6) is -0.995. The molecule has 1 amide bonds. The number of hydrogen-bond acceptors (Lipinski definition) is 2.